The second kappa shape index (κ2) is 14.5. The van der Waals surface area contributed by atoms with Gasteiger partial charge in [0.1, 0.15) is 12.2 Å². The topological polar surface area (TPSA) is 136 Å². The summed E-state index contributed by atoms with van der Waals surface area (Å²) in [4.78, 5) is 0. The Morgan fingerprint density at radius 3 is 1.49 bits per heavy atom. The van der Waals surface area contributed by atoms with Gasteiger partial charge in [0.15, 0.2) is 46.7 Å². The number of benzene rings is 3. The van der Waals surface area contributed by atoms with Gasteiger partial charge in [-0.2, -0.15) is 0 Å². The minimum atomic E-state index is -1.22. The molecule has 2 unspecified atom stereocenters. The van der Waals surface area contributed by atoms with E-state index in [1.165, 1.54) is 27.4 Å². The average Bonchev–Trinajstić information content (AvgIpc) is 2.98. The fourth-order valence-electron chi connectivity index (χ4n) is 3.98. The van der Waals surface area contributed by atoms with E-state index >= 15 is 0 Å². The van der Waals surface area contributed by atoms with Crippen LogP contribution in [0.15, 0.2) is 60.7 Å². The summed E-state index contributed by atoms with van der Waals surface area (Å²) in [7, 11) is 4.42. The van der Waals surface area contributed by atoms with Crippen molar-refractivity contribution in [2.45, 2.75) is 31.3 Å². The monoisotopic (exact) mass is 544 g/mol. The molecule has 10 nitrogen and oxygen atoms in total. The molecule has 0 aromatic heterocycles. The molecule has 0 aliphatic carbocycles. The molecule has 0 saturated carbocycles. The Balaban J connectivity index is 1.79. The molecule has 3 rings (SSSR count). The van der Waals surface area contributed by atoms with Crippen LogP contribution in [0.2, 0.25) is 0 Å². The van der Waals surface area contributed by atoms with Gasteiger partial charge in [0.25, 0.3) is 0 Å². The van der Waals surface area contributed by atoms with Gasteiger partial charge in [-0.1, -0.05) is 24.3 Å². The third-order valence-electron chi connectivity index (χ3n) is 6.05. The molecular formula is C29H36O10. The molecule has 39 heavy (non-hydrogen) atoms. The number of aliphatic hydroxyl groups excluding tert-OH is 4. The number of para-hydroxylation sites is 2. The Morgan fingerprint density at radius 2 is 1.03 bits per heavy atom. The van der Waals surface area contributed by atoms with E-state index in [4.69, 9.17) is 28.4 Å². The minimum Gasteiger partial charge on any atom is -0.493 e. The van der Waals surface area contributed by atoms with Gasteiger partial charge in [-0.3, -0.25) is 0 Å². The molecule has 0 amide bonds. The number of aliphatic hydroxyl groups is 4. The Labute approximate surface area is 227 Å². The first kappa shape index (κ1) is 29.9. The summed E-state index contributed by atoms with van der Waals surface area (Å²) in [6.07, 6.45) is -4.48. The highest BCUT2D eigenvalue weighted by atomic mass is 16.5. The Hall–Kier alpha value is -3.70. The van der Waals surface area contributed by atoms with Gasteiger partial charge < -0.3 is 48.8 Å². The first-order valence-corrected chi connectivity index (χ1v) is 12.4. The predicted octanol–water partition coefficient (Wildman–Crippen LogP) is 3.06. The normalized spacial score (nSPS) is 14.1. The Morgan fingerprint density at radius 1 is 0.590 bits per heavy atom. The van der Waals surface area contributed by atoms with Crippen molar-refractivity contribution in [1.82, 2.24) is 0 Å². The molecular weight excluding hydrogens is 508 g/mol. The van der Waals surface area contributed by atoms with Gasteiger partial charge in [-0.25, -0.2) is 0 Å². The zero-order valence-corrected chi connectivity index (χ0v) is 22.4. The number of methoxy groups -OCH3 is 3. The van der Waals surface area contributed by atoms with E-state index in [0.29, 0.717) is 40.7 Å². The van der Waals surface area contributed by atoms with Crippen LogP contribution in [0.5, 0.6) is 34.5 Å². The van der Waals surface area contributed by atoms with Gasteiger partial charge >= 0.3 is 0 Å². The van der Waals surface area contributed by atoms with E-state index in [9.17, 15) is 20.4 Å². The zero-order valence-electron chi connectivity index (χ0n) is 22.4. The summed E-state index contributed by atoms with van der Waals surface area (Å²) < 4.78 is 33.4. The lowest BCUT2D eigenvalue weighted by Gasteiger charge is -2.26. The average molecular weight is 545 g/mol. The molecule has 4 atom stereocenters. The molecule has 3 aromatic rings. The highest BCUT2D eigenvalue weighted by Gasteiger charge is 2.27. The molecule has 4 N–H and O–H groups in total. The molecule has 212 valence electrons. The van der Waals surface area contributed by atoms with E-state index in [1.54, 1.807) is 54.6 Å². The second-order valence-electron chi connectivity index (χ2n) is 8.47. The maximum atomic E-state index is 11.0. The van der Waals surface area contributed by atoms with Crippen LogP contribution in [0.4, 0.5) is 0 Å². The van der Waals surface area contributed by atoms with Crippen LogP contribution < -0.4 is 28.4 Å². The first-order chi connectivity index (χ1) is 18.9. The van der Waals surface area contributed by atoms with E-state index in [-0.39, 0.29) is 11.5 Å². The van der Waals surface area contributed by atoms with Gasteiger partial charge in [0, 0.05) is 0 Å². The fourth-order valence-corrected chi connectivity index (χ4v) is 3.98. The molecule has 0 heterocycles. The SMILES string of the molecule is CCOc1ccc(C(O)C(CO)Oc2ccc([C@@H](O)[C@H](CO)Oc3ccccc3OC)cc2OC)cc1OC. The van der Waals surface area contributed by atoms with Gasteiger partial charge in [-0.05, 0) is 54.4 Å². The molecule has 0 fully saturated rings. The van der Waals surface area contributed by atoms with Crippen LogP contribution in [0.1, 0.15) is 30.3 Å². The zero-order chi connectivity index (χ0) is 28.4. The summed E-state index contributed by atoms with van der Waals surface area (Å²) in [5.74, 6) is 2.28. The first-order valence-electron chi connectivity index (χ1n) is 12.4. The predicted molar refractivity (Wildman–Crippen MR) is 143 cm³/mol. The van der Waals surface area contributed by atoms with Crippen LogP contribution in [0.25, 0.3) is 0 Å². The third kappa shape index (κ3) is 7.24. The standard InChI is InChI=1S/C29H36O10/c1-5-37-21-12-10-18(14-24(21)35-3)28(32)27(17-31)39-23-13-11-19(15-25(23)36-4)29(33)26(16-30)38-22-9-7-6-8-20(22)34-2/h6-15,26-33H,5,16-17H2,1-4H3/t26-,27?,28?,29+/m0/s1. The van der Waals surface area contributed by atoms with Crippen LogP contribution in [0, 0.1) is 0 Å². The van der Waals surface area contributed by atoms with Crippen LogP contribution >= 0.6 is 0 Å². The van der Waals surface area contributed by atoms with Crippen molar-refractivity contribution in [2.75, 3.05) is 41.2 Å². The highest BCUT2D eigenvalue weighted by molar-refractivity contribution is 5.46. The summed E-state index contributed by atoms with van der Waals surface area (Å²) in [6.45, 7) is 1.34. The van der Waals surface area contributed by atoms with Crippen molar-refractivity contribution in [1.29, 1.82) is 0 Å². The lowest BCUT2D eigenvalue weighted by Crippen LogP contribution is -2.30. The highest BCUT2D eigenvalue weighted by Crippen LogP contribution is 2.36. The second-order valence-corrected chi connectivity index (χ2v) is 8.47. The Bertz CT molecular complexity index is 1180. The summed E-state index contributed by atoms with van der Waals surface area (Å²) in [5.41, 5.74) is 0.852. The number of ether oxygens (including phenoxy) is 6. The maximum Gasteiger partial charge on any atom is 0.161 e. The van der Waals surface area contributed by atoms with Crippen molar-refractivity contribution < 1.29 is 48.8 Å². The van der Waals surface area contributed by atoms with Crippen molar-refractivity contribution in [3.8, 4) is 34.5 Å². The van der Waals surface area contributed by atoms with Crippen molar-refractivity contribution in [2.24, 2.45) is 0 Å². The lowest BCUT2D eigenvalue weighted by atomic mass is 10.0. The molecule has 0 saturated heterocycles. The lowest BCUT2D eigenvalue weighted by molar-refractivity contribution is -0.00267. The van der Waals surface area contributed by atoms with Crippen molar-refractivity contribution in [3.05, 3.63) is 71.8 Å². The summed E-state index contributed by atoms with van der Waals surface area (Å²) in [5, 5.41) is 41.8. The van der Waals surface area contributed by atoms with Crippen LogP contribution in [0.3, 0.4) is 0 Å². The third-order valence-corrected chi connectivity index (χ3v) is 6.05. The maximum absolute atomic E-state index is 11.0. The van der Waals surface area contributed by atoms with E-state index < -0.39 is 37.6 Å². The smallest absolute Gasteiger partial charge is 0.161 e. The molecule has 3 aromatic carbocycles. The van der Waals surface area contributed by atoms with E-state index in [2.05, 4.69) is 0 Å². The van der Waals surface area contributed by atoms with Gasteiger partial charge in [0.2, 0.25) is 0 Å². The van der Waals surface area contributed by atoms with Gasteiger partial charge in [-0.15, -0.1) is 0 Å². The number of hydrogen-bond acceptors (Lipinski definition) is 10. The van der Waals surface area contributed by atoms with Crippen LogP contribution in [-0.4, -0.2) is 73.8 Å². The number of hydrogen-bond donors (Lipinski definition) is 4. The van der Waals surface area contributed by atoms with Crippen molar-refractivity contribution >= 4 is 0 Å². The quantitative estimate of drug-likeness (QED) is 0.226. The van der Waals surface area contributed by atoms with E-state index in [1.807, 2.05) is 6.92 Å². The fraction of sp³-hybridized carbons (Fsp3) is 0.379. The van der Waals surface area contributed by atoms with Gasteiger partial charge in [0.05, 0.1) is 41.2 Å². The molecule has 0 aliphatic heterocycles. The van der Waals surface area contributed by atoms with E-state index in [0.717, 1.165) is 0 Å². The Kier molecular flexibility index (Phi) is 11.1. The molecule has 10 heteroatoms. The van der Waals surface area contributed by atoms with Crippen molar-refractivity contribution in [3.63, 3.8) is 0 Å². The number of rotatable bonds is 15. The van der Waals surface area contributed by atoms with Crippen LogP contribution in [-0.2, 0) is 0 Å². The molecule has 0 aliphatic rings. The largest absolute Gasteiger partial charge is 0.493 e. The molecule has 0 bridgehead atoms. The summed E-state index contributed by atoms with van der Waals surface area (Å²) >= 11 is 0. The summed E-state index contributed by atoms with van der Waals surface area (Å²) in [6, 6.07) is 16.5. The molecule has 0 spiro atoms. The molecule has 0 radical (unpaired) electrons. The minimum absolute atomic E-state index is 0.232.